The number of hydrogen-bond acceptors (Lipinski definition) is 6. The highest BCUT2D eigenvalue weighted by molar-refractivity contribution is 7.91. The first-order valence-corrected chi connectivity index (χ1v) is 17.9. The Balaban J connectivity index is 1.15. The van der Waals surface area contributed by atoms with Gasteiger partial charge in [0.15, 0.2) is 0 Å². The minimum absolute atomic E-state index is 0.0281. The third kappa shape index (κ3) is 6.95. The Morgan fingerprint density at radius 1 is 0.900 bits per heavy atom. The molecular weight excluding hydrogens is 701 g/mol. The van der Waals surface area contributed by atoms with Gasteiger partial charge in [-0.05, 0) is 64.7 Å². The van der Waals surface area contributed by atoms with Crippen LogP contribution >= 0.6 is 23.2 Å². The van der Waals surface area contributed by atoms with Crippen LogP contribution in [0.2, 0.25) is 10.0 Å². The maximum atomic E-state index is 12.5. The van der Waals surface area contributed by atoms with Crippen molar-refractivity contribution in [2.45, 2.75) is 24.9 Å². The zero-order chi connectivity index (χ0) is 35.0. The molecule has 2 aliphatic heterocycles. The van der Waals surface area contributed by atoms with Crippen LogP contribution in [0, 0.1) is 0 Å². The Morgan fingerprint density at radius 2 is 1.52 bits per heavy atom. The molecule has 7 rings (SSSR count). The normalized spacial score (nSPS) is 16.5. The lowest BCUT2D eigenvalue weighted by Crippen LogP contribution is -2.41. The molecule has 256 valence electrons. The molecule has 3 heterocycles. The lowest BCUT2D eigenvalue weighted by atomic mass is 9.89. The first-order chi connectivity index (χ1) is 24.0. The van der Waals surface area contributed by atoms with E-state index in [0.717, 1.165) is 44.1 Å². The van der Waals surface area contributed by atoms with Gasteiger partial charge in [-0.2, -0.15) is 8.42 Å². The molecule has 2 aliphatic rings. The van der Waals surface area contributed by atoms with Crippen LogP contribution < -0.4 is 13.8 Å². The molecule has 0 spiro atoms. The fourth-order valence-corrected chi connectivity index (χ4v) is 7.77. The molecule has 50 heavy (non-hydrogen) atoms. The number of aliphatic hydroxyl groups excluding tert-OH is 1. The van der Waals surface area contributed by atoms with E-state index >= 15 is 0 Å². The number of aromatic amines is 1. The zero-order valence-corrected chi connectivity index (χ0v) is 28.7. The Hall–Kier alpha value is -5.17. The number of carboxylic acid groups (broad SMARTS) is 1. The van der Waals surface area contributed by atoms with Crippen LogP contribution in [0.25, 0.3) is 22.4 Å². The van der Waals surface area contributed by atoms with Crippen molar-refractivity contribution in [1.82, 2.24) is 19.6 Å². The minimum Gasteiger partial charge on any atom is -0.493 e. The molecule has 1 fully saturated rings. The lowest BCUT2D eigenvalue weighted by molar-refractivity contribution is 0.0895. The molecule has 4 aromatic carbocycles. The van der Waals surface area contributed by atoms with E-state index in [2.05, 4.69) is 9.71 Å². The number of benzene rings is 4. The Morgan fingerprint density at radius 3 is 2.10 bits per heavy atom. The number of halogens is 2. The third-order valence-electron chi connectivity index (χ3n) is 8.75. The predicted molar refractivity (Wildman–Crippen MR) is 192 cm³/mol. The topological polar surface area (TPSA) is 148 Å². The van der Waals surface area contributed by atoms with Gasteiger partial charge in [-0.15, -0.1) is 0 Å². The number of anilines is 1. The van der Waals surface area contributed by atoms with Crippen molar-refractivity contribution in [3.63, 3.8) is 0 Å². The van der Waals surface area contributed by atoms with E-state index in [1.165, 1.54) is 4.90 Å². The number of hydrogen-bond donors (Lipinski definition) is 4. The Labute approximate surface area is 298 Å². The molecule has 1 amide bonds. The van der Waals surface area contributed by atoms with Crippen molar-refractivity contribution in [2.75, 3.05) is 17.4 Å². The second-order valence-corrected chi connectivity index (χ2v) is 14.4. The molecule has 4 N–H and O–H groups in total. The number of H-pyrrole nitrogens is 1. The molecule has 1 atom stereocenters. The molecule has 0 radical (unpaired) electrons. The van der Waals surface area contributed by atoms with Gasteiger partial charge in [0.2, 0.25) is 5.88 Å². The smallest absolute Gasteiger partial charge is 0.407 e. The van der Waals surface area contributed by atoms with E-state index in [9.17, 15) is 23.4 Å². The zero-order valence-electron chi connectivity index (χ0n) is 26.3. The van der Waals surface area contributed by atoms with Gasteiger partial charge in [-0.25, -0.2) is 18.8 Å². The summed E-state index contributed by atoms with van der Waals surface area (Å²) in [6.07, 6.45) is 3.21. The maximum absolute atomic E-state index is 12.5. The van der Waals surface area contributed by atoms with Crippen molar-refractivity contribution in [1.29, 1.82) is 0 Å². The van der Waals surface area contributed by atoms with E-state index in [4.69, 9.17) is 32.9 Å². The standard InChI is InChI=1S/C36H31Cl2N5O6S/c37-26-9-14-30(31(38)19-26)32-20-39-35(40-32)34(25-5-10-27(11-6-25)43-21-33(44)41-50(43,47)48)24-3-1-22(2-4-24)23-7-12-28(13-8-23)49-29-15-17-42(18-16-29)36(45)46/h1-14,19-21,29,34,41,44H,15-18H2,(H,39,40)(H,45,46). The summed E-state index contributed by atoms with van der Waals surface area (Å²) in [6, 6.07) is 28.2. The highest BCUT2D eigenvalue weighted by atomic mass is 35.5. The predicted octanol–water partition coefficient (Wildman–Crippen LogP) is 7.76. The highest BCUT2D eigenvalue weighted by Gasteiger charge is 2.29. The summed E-state index contributed by atoms with van der Waals surface area (Å²) in [5, 5.41) is 19.9. The van der Waals surface area contributed by atoms with Crippen LogP contribution in [0.1, 0.15) is 35.7 Å². The molecule has 14 heteroatoms. The van der Waals surface area contributed by atoms with Gasteiger partial charge >= 0.3 is 16.3 Å². The SMILES string of the molecule is O=C(O)N1CCC(Oc2ccc(-c3ccc(C(c4ccc(N5C=C(O)NS5(=O)=O)cc4)c4ncc(-c5ccc(Cl)cc5Cl)[nH]4)cc3)cc2)CC1. The summed E-state index contributed by atoms with van der Waals surface area (Å²) >= 11 is 12.6. The number of piperidine rings is 1. The molecule has 1 unspecified atom stereocenters. The van der Waals surface area contributed by atoms with Crippen LogP contribution in [-0.2, 0) is 10.2 Å². The number of rotatable bonds is 8. The molecular formula is C36H31Cl2N5O6S. The van der Waals surface area contributed by atoms with Gasteiger partial charge < -0.3 is 24.8 Å². The minimum atomic E-state index is -3.94. The monoisotopic (exact) mass is 731 g/mol. The number of amides is 1. The average Bonchev–Trinajstić information content (AvgIpc) is 3.69. The van der Waals surface area contributed by atoms with E-state index < -0.39 is 22.2 Å². The van der Waals surface area contributed by atoms with E-state index in [0.29, 0.717) is 53.2 Å². The van der Waals surface area contributed by atoms with Crippen LogP contribution in [0.3, 0.4) is 0 Å². The second kappa shape index (κ2) is 13.6. The summed E-state index contributed by atoms with van der Waals surface area (Å²) in [7, 11) is -3.94. The number of imidazole rings is 1. The molecule has 5 aromatic rings. The first kappa shape index (κ1) is 33.3. The van der Waals surface area contributed by atoms with Crippen molar-refractivity contribution in [3.8, 4) is 28.1 Å². The van der Waals surface area contributed by atoms with Crippen LogP contribution in [-0.4, -0.2) is 58.8 Å². The molecule has 0 aliphatic carbocycles. The lowest BCUT2D eigenvalue weighted by Gasteiger charge is -2.30. The summed E-state index contributed by atoms with van der Waals surface area (Å²) in [4.78, 5) is 20.8. The summed E-state index contributed by atoms with van der Waals surface area (Å²) in [5.41, 5.74) is 5.59. The van der Waals surface area contributed by atoms with Crippen LogP contribution in [0.4, 0.5) is 10.5 Å². The van der Waals surface area contributed by atoms with Crippen LogP contribution in [0.15, 0.2) is 109 Å². The third-order valence-corrected chi connectivity index (χ3v) is 10.6. The van der Waals surface area contributed by atoms with Crippen molar-refractivity contribution < 1.29 is 28.2 Å². The fraction of sp³-hybridized carbons (Fsp3) is 0.167. The number of aliphatic hydroxyl groups is 1. The quantitative estimate of drug-likeness (QED) is 0.127. The van der Waals surface area contributed by atoms with Gasteiger partial charge in [0.25, 0.3) is 0 Å². The number of nitrogens with zero attached hydrogens (tertiary/aromatic N) is 3. The number of ether oxygens (including phenoxy) is 1. The number of nitrogens with one attached hydrogen (secondary N) is 2. The summed E-state index contributed by atoms with van der Waals surface area (Å²) in [5.74, 6) is 0.561. The maximum Gasteiger partial charge on any atom is 0.407 e. The van der Waals surface area contributed by atoms with Crippen LogP contribution in [0.5, 0.6) is 5.75 Å². The van der Waals surface area contributed by atoms with E-state index in [1.807, 2.05) is 66.7 Å². The van der Waals surface area contributed by atoms with E-state index in [-0.39, 0.29) is 12.0 Å². The summed E-state index contributed by atoms with van der Waals surface area (Å²) in [6.45, 7) is 0.924. The Kier molecular flexibility index (Phi) is 9.08. The summed E-state index contributed by atoms with van der Waals surface area (Å²) < 4.78 is 34.1. The molecule has 1 aromatic heterocycles. The van der Waals surface area contributed by atoms with Gasteiger partial charge in [-0.1, -0.05) is 71.7 Å². The van der Waals surface area contributed by atoms with Crippen molar-refractivity contribution in [3.05, 3.63) is 136 Å². The highest BCUT2D eigenvalue weighted by Crippen LogP contribution is 2.36. The molecule has 1 saturated heterocycles. The van der Waals surface area contributed by atoms with Gasteiger partial charge in [0.05, 0.1) is 34.7 Å². The molecule has 0 saturated carbocycles. The van der Waals surface area contributed by atoms with Crippen molar-refractivity contribution >= 4 is 45.2 Å². The van der Waals surface area contributed by atoms with Gasteiger partial charge in [-0.3, -0.25) is 0 Å². The van der Waals surface area contributed by atoms with Crippen molar-refractivity contribution in [2.24, 2.45) is 0 Å². The molecule has 0 bridgehead atoms. The van der Waals surface area contributed by atoms with Gasteiger partial charge in [0, 0.05) is 36.5 Å². The number of aromatic nitrogens is 2. The fourth-order valence-electron chi connectivity index (χ4n) is 6.20. The first-order valence-electron chi connectivity index (χ1n) is 15.7. The number of carbonyl (C=O) groups is 1. The van der Waals surface area contributed by atoms with Gasteiger partial charge in [0.1, 0.15) is 17.7 Å². The molecule has 11 nitrogen and oxygen atoms in total. The average molecular weight is 733 g/mol. The second-order valence-electron chi connectivity index (χ2n) is 12.0. The van der Waals surface area contributed by atoms with E-state index in [1.54, 1.807) is 30.5 Å². The Bertz CT molecular complexity index is 2170. The number of likely N-dealkylation sites (tertiary alicyclic amines) is 1. The largest absolute Gasteiger partial charge is 0.493 e.